The summed E-state index contributed by atoms with van der Waals surface area (Å²) in [4.78, 5) is 43.2. The molecule has 2 heterocycles. The van der Waals surface area contributed by atoms with Crippen LogP contribution in [0.15, 0.2) is 49.6 Å². The van der Waals surface area contributed by atoms with Crippen LogP contribution in [0, 0.1) is 0 Å². The van der Waals surface area contributed by atoms with E-state index in [2.05, 4.69) is 9.97 Å². The molecule has 28 heavy (non-hydrogen) atoms. The van der Waals surface area contributed by atoms with Crippen molar-refractivity contribution in [2.75, 3.05) is 25.2 Å². The smallest absolute Gasteiger partial charge is 0.330 e. The molecule has 0 saturated heterocycles. The zero-order valence-corrected chi connectivity index (χ0v) is 16.6. The molecular weight excluding hydrogens is 400 g/mol. The highest BCUT2D eigenvalue weighted by molar-refractivity contribution is 8.01. The van der Waals surface area contributed by atoms with E-state index in [4.69, 9.17) is 10.5 Å². The molecule has 2 aromatic heterocycles. The molecule has 0 fully saturated rings. The summed E-state index contributed by atoms with van der Waals surface area (Å²) in [6.45, 7) is 0.359. The summed E-state index contributed by atoms with van der Waals surface area (Å²) in [6, 6.07) is 9.70. The number of hydrogen-bond donors (Lipinski definition) is 2. The number of methoxy groups -OCH3 is 1. The van der Waals surface area contributed by atoms with Gasteiger partial charge in [0.2, 0.25) is 0 Å². The molecule has 1 aromatic carbocycles. The van der Waals surface area contributed by atoms with Gasteiger partial charge in [0.1, 0.15) is 11.4 Å². The first kappa shape index (κ1) is 20.1. The van der Waals surface area contributed by atoms with Crippen LogP contribution in [0.4, 0.5) is 5.82 Å². The van der Waals surface area contributed by atoms with Gasteiger partial charge in [-0.25, -0.2) is 9.78 Å². The highest BCUT2D eigenvalue weighted by Gasteiger charge is 2.20. The molecule has 0 bridgehead atoms. The molecule has 8 nitrogen and oxygen atoms in total. The van der Waals surface area contributed by atoms with E-state index in [1.807, 2.05) is 35.7 Å². The quantitative estimate of drug-likeness (QED) is 0.423. The number of anilines is 1. The number of Topliss-reactive ketones (excluding diaryl/α,β-unsaturated/α-hetero) is 1. The summed E-state index contributed by atoms with van der Waals surface area (Å²) in [5.74, 6) is -0.635. The van der Waals surface area contributed by atoms with Gasteiger partial charge in [-0.3, -0.25) is 19.1 Å². The molecule has 0 aliphatic rings. The Morgan fingerprint density at radius 1 is 1.32 bits per heavy atom. The Morgan fingerprint density at radius 3 is 2.79 bits per heavy atom. The van der Waals surface area contributed by atoms with E-state index in [1.165, 1.54) is 30.2 Å². The highest BCUT2D eigenvalue weighted by atomic mass is 32.2. The number of carbonyl (C=O) groups excluding carboxylic acids is 1. The molecule has 0 aliphatic carbocycles. The van der Waals surface area contributed by atoms with Gasteiger partial charge in [0, 0.05) is 18.1 Å². The second kappa shape index (κ2) is 9.00. The van der Waals surface area contributed by atoms with Crippen LogP contribution < -0.4 is 17.0 Å². The maximum Gasteiger partial charge on any atom is 0.330 e. The first-order valence-corrected chi connectivity index (χ1v) is 10.2. The largest absolute Gasteiger partial charge is 0.384 e. The van der Waals surface area contributed by atoms with Crippen LogP contribution >= 0.6 is 23.1 Å². The maximum absolute atomic E-state index is 12.6. The van der Waals surface area contributed by atoms with Crippen LogP contribution in [0.3, 0.4) is 0 Å². The molecule has 0 aliphatic heterocycles. The van der Waals surface area contributed by atoms with Crippen LogP contribution in [0.2, 0.25) is 0 Å². The number of benzene rings is 1. The van der Waals surface area contributed by atoms with Crippen LogP contribution in [0.1, 0.15) is 10.4 Å². The average molecular weight is 419 g/mol. The number of rotatable bonds is 8. The van der Waals surface area contributed by atoms with E-state index in [0.29, 0.717) is 4.34 Å². The Kier molecular flexibility index (Phi) is 6.45. The molecular formula is C18H18N4O4S2. The monoisotopic (exact) mass is 418 g/mol. The number of carbonyl (C=O) groups is 1. The Morgan fingerprint density at radius 2 is 2.07 bits per heavy atom. The Labute approximate surface area is 168 Å². The molecule has 0 atom stereocenters. The van der Waals surface area contributed by atoms with Crippen molar-refractivity contribution in [2.24, 2.45) is 0 Å². The number of nitrogens with two attached hydrogens (primary N) is 1. The van der Waals surface area contributed by atoms with Crippen LogP contribution in [0.5, 0.6) is 0 Å². The summed E-state index contributed by atoms with van der Waals surface area (Å²) in [5.41, 5.74) is 6.06. The molecule has 0 spiro atoms. The Hall–Kier alpha value is -2.69. The fourth-order valence-corrected chi connectivity index (χ4v) is 4.23. The van der Waals surface area contributed by atoms with Gasteiger partial charge < -0.3 is 10.5 Å². The van der Waals surface area contributed by atoms with Crippen molar-refractivity contribution in [3.05, 3.63) is 62.1 Å². The minimum absolute atomic E-state index is 0.0164. The van der Waals surface area contributed by atoms with Gasteiger partial charge in [0.05, 0.1) is 24.6 Å². The van der Waals surface area contributed by atoms with E-state index in [-0.39, 0.29) is 30.3 Å². The minimum atomic E-state index is -0.786. The fourth-order valence-electron chi connectivity index (χ4n) is 2.53. The van der Waals surface area contributed by atoms with E-state index in [9.17, 15) is 14.4 Å². The van der Waals surface area contributed by atoms with Crippen molar-refractivity contribution in [3.8, 4) is 11.3 Å². The first-order valence-electron chi connectivity index (χ1n) is 8.29. The zero-order valence-electron chi connectivity index (χ0n) is 15.0. The highest BCUT2D eigenvalue weighted by Crippen LogP contribution is 2.28. The number of ether oxygens (including phenoxy) is 1. The third kappa shape index (κ3) is 4.41. The number of nitrogens with zero attached hydrogens (tertiary/aromatic N) is 2. The Bertz CT molecular complexity index is 1090. The number of nitrogen functional groups attached to an aromatic ring is 1. The van der Waals surface area contributed by atoms with Gasteiger partial charge >= 0.3 is 5.69 Å². The first-order chi connectivity index (χ1) is 13.5. The SMILES string of the molecule is COCCn1c(N)c(C(=O)CSc2nc(-c3ccccc3)cs2)c(=O)[nH]c1=O. The van der Waals surface area contributed by atoms with Crippen LogP contribution in [-0.2, 0) is 11.3 Å². The van der Waals surface area contributed by atoms with E-state index in [1.54, 1.807) is 0 Å². The summed E-state index contributed by atoms with van der Waals surface area (Å²) < 4.78 is 6.76. The number of nitrogens with one attached hydrogen (secondary N) is 1. The predicted molar refractivity (Wildman–Crippen MR) is 110 cm³/mol. The predicted octanol–water partition coefficient (Wildman–Crippen LogP) is 1.86. The molecule has 3 N–H and O–H groups in total. The van der Waals surface area contributed by atoms with Crippen molar-refractivity contribution in [1.29, 1.82) is 0 Å². The van der Waals surface area contributed by atoms with Crippen LogP contribution in [-0.4, -0.2) is 39.8 Å². The molecule has 0 amide bonds. The second-order valence-electron chi connectivity index (χ2n) is 5.74. The fraction of sp³-hybridized carbons (Fsp3) is 0.222. The van der Waals surface area contributed by atoms with Crippen molar-refractivity contribution >= 4 is 34.7 Å². The molecule has 0 unspecified atom stereocenters. The van der Waals surface area contributed by atoms with Crippen molar-refractivity contribution < 1.29 is 9.53 Å². The molecule has 0 radical (unpaired) electrons. The number of ketones is 1. The molecule has 0 saturated carbocycles. The van der Waals surface area contributed by atoms with E-state index in [0.717, 1.165) is 15.8 Å². The standard InChI is InChI=1S/C18H18N4O4S2/c1-26-8-7-22-15(19)14(16(24)21-17(22)25)13(23)10-28-18-20-12(9-27-18)11-5-3-2-4-6-11/h2-6,9H,7-8,10,19H2,1H3,(H,21,24,25). The van der Waals surface area contributed by atoms with E-state index < -0.39 is 17.0 Å². The maximum atomic E-state index is 12.6. The number of thiazole rings is 1. The van der Waals surface area contributed by atoms with Gasteiger partial charge in [0.15, 0.2) is 10.1 Å². The lowest BCUT2D eigenvalue weighted by Crippen LogP contribution is -2.37. The number of H-pyrrole nitrogens is 1. The third-order valence-corrected chi connectivity index (χ3v) is 5.94. The number of thioether (sulfide) groups is 1. The lowest BCUT2D eigenvalue weighted by molar-refractivity contribution is 0.102. The summed E-state index contributed by atoms with van der Waals surface area (Å²) in [7, 11) is 1.48. The average Bonchev–Trinajstić information content (AvgIpc) is 3.16. The van der Waals surface area contributed by atoms with Crippen LogP contribution in [0.25, 0.3) is 11.3 Å². The molecule has 3 rings (SSSR count). The molecule has 146 valence electrons. The minimum Gasteiger partial charge on any atom is -0.384 e. The van der Waals surface area contributed by atoms with Gasteiger partial charge in [0.25, 0.3) is 5.56 Å². The Balaban J connectivity index is 1.76. The van der Waals surface area contributed by atoms with Gasteiger partial charge in [-0.15, -0.1) is 11.3 Å². The zero-order chi connectivity index (χ0) is 20.1. The van der Waals surface area contributed by atoms with Gasteiger partial charge in [-0.2, -0.15) is 0 Å². The summed E-state index contributed by atoms with van der Waals surface area (Å²) in [5, 5.41) is 1.91. The van der Waals surface area contributed by atoms with Crippen molar-refractivity contribution in [3.63, 3.8) is 0 Å². The van der Waals surface area contributed by atoms with Gasteiger partial charge in [-0.1, -0.05) is 42.1 Å². The number of aromatic nitrogens is 3. The van der Waals surface area contributed by atoms with Crippen molar-refractivity contribution in [2.45, 2.75) is 10.9 Å². The summed E-state index contributed by atoms with van der Waals surface area (Å²) in [6.07, 6.45) is 0. The number of aromatic amines is 1. The number of hydrogen-bond acceptors (Lipinski definition) is 8. The second-order valence-corrected chi connectivity index (χ2v) is 7.82. The normalized spacial score (nSPS) is 10.9. The summed E-state index contributed by atoms with van der Waals surface area (Å²) >= 11 is 2.64. The third-order valence-electron chi connectivity index (χ3n) is 3.92. The van der Waals surface area contributed by atoms with E-state index >= 15 is 0 Å². The van der Waals surface area contributed by atoms with Gasteiger partial charge in [-0.05, 0) is 0 Å². The topological polar surface area (TPSA) is 120 Å². The van der Waals surface area contributed by atoms with Crippen molar-refractivity contribution in [1.82, 2.24) is 14.5 Å². The lowest BCUT2D eigenvalue weighted by Gasteiger charge is -2.11. The lowest BCUT2D eigenvalue weighted by atomic mass is 10.2. The molecule has 10 heteroatoms. The molecule has 3 aromatic rings.